The van der Waals surface area contributed by atoms with Crippen molar-refractivity contribution < 1.29 is 0 Å². The maximum Gasteiger partial charge on any atom is 0.254 e. The molecule has 3 rings (SSSR count). The number of nitrogens with two attached hydrogens (primary N) is 1. The van der Waals surface area contributed by atoms with Gasteiger partial charge in [-0.15, -0.1) is 0 Å². The zero-order chi connectivity index (χ0) is 15.0. The van der Waals surface area contributed by atoms with Crippen molar-refractivity contribution in [2.24, 2.45) is 5.73 Å². The number of fused-ring (bicyclic) bond motifs is 1. The molecule has 2 N–H and O–H groups in total. The molecule has 1 aromatic carbocycles. The first-order valence-electron chi connectivity index (χ1n) is 6.38. The van der Waals surface area contributed by atoms with E-state index in [1.54, 1.807) is 4.52 Å². The monoisotopic (exact) mass is 298 g/mol. The lowest BCUT2D eigenvalue weighted by Gasteiger charge is -2.22. The summed E-state index contributed by atoms with van der Waals surface area (Å²) < 4.78 is 1.68. The first kappa shape index (κ1) is 13.4. The summed E-state index contributed by atoms with van der Waals surface area (Å²) in [6.07, 6.45) is 1.48. The fraction of sp³-hybridized carbons (Fsp3) is 0.143. The summed E-state index contributed by atoms with van der Waals surface area (Å²) in [6.45, 7) is 1.92. The summed E-state index contributed by atoms with van der Waals surface area (Å²) in [5.41, 5.74) is 8.40. The average Bonchev–Trinajstić information content (AvgIpc) is 2.93. The van der Waals surface area contributed by atoms with Crippen LogP contribution in [0.4, 0.5) is 11.5 Å². The highest BCUT2D eigenvalue weighted by Gasteiger charge is 2.15. The first-order chi connectivity index (χ1) is 10.1. The molecule has 106 valence electrons. The van der Waals surface area contributed by atoms with Crippen LogP contribution in [-0.4, -0.2) is 31.6 Å². The Balaban J connectivity index is 2.19. The zero-order valence-corrected chi connectivity index (χ0v) is 12.5. The van der Waals surface area contributed by atoms with Gasteiger partial charge in [-0.1, -0.05) is 24.4 Å². The number of hydrogen-bond donors (Lipinski definition) is 1. The largest absolute Gasteiger partial charge is 0.389 e. The van der Waals surface area contributed by atoms with E-state index in [1.165, 1.54) is 6.33 Å². The second-order valence-electron chi connectivity index (χ2n) is 4.67. The van der Waals surface area contributed by atoms with Crippen LogP contribution < -0.4 is 10.6 Å². The number of nitrogens with zero attached hydrogens (tertiary/aromatic N) is 5. The highest BCUT2D eigenvalue weighted by molar-refractivity contribution is 7.80. The summed E-state index contributed by atoms with van der Waals surface area (Å²) in [6, 6.07) is 9.67. The minimum absolute atomic E-state index is 0.359. The second kappa shape index (κ2) is 5.10. The number of aromatic nitrogens is 4. The van der Waals surface area contributed by atoms with Crippen LogP contribution >= 0.6 is 12.2 Å². The Morgan fingerprint density at radius 2 is 2.10 bits per heavy atom. The molecule has 0 radical (unpaired) electrons. The standard InChI is InChI=1S/C14H14N6S/c1-9-7-12(20-14(18-9)16-8-17-20)19(2)11-6-4-3-5-10(11)13(15)21/h3-8H,1-2H3,(H2,15,21). The van der Waals surface area contributed by atoms with Crippen LogP contribution in [0.2, 0.25) is 0 Å². The van der Waals surface area contributed by atoms with Gasteiger partial charge in [0.15, 0.2) is 0 Å². The molecule has 0 spiro atoms. The van der Waals surface area contributed by atoms with Gasteiger partial charge in [0, 0.05) is 24.4 Å². The van der Waals surface area contributed by atoms with Gasteiger partial charge in [-0.2, -0.15) is 14.6 Å². The Hall–Kier alpha value is -2.54. The molecule has 2 aromatic heterocycles. The number of para-hydroxylation sites is 1. The SMILES string of the molecule is Cc1cc(N(C)c2ccccc2C(N)=S)n2ncnc2n1. The molecule has 6 nitrogen and oxygen atoms in total. The van der Waals surface area contributed by atoms with E-state index >= 15 is 0 Å². The third-order valence-electron chi connectivity index (χ3n) is 3.24. The Morgan fingerprint density at radius 1 is 1.33 bits per heavy atom. The van der Waals surface area contributed by atoms with Gasteiger partial charge in [0.1, 0.15) is 17.1 Å². The van der Waals surface area contributed by atoms with Crippen molar-refractivity contribution in [3.05, 3.63) is 47.9 Å². The molecule has 0 atom stereocenters. The Bertz CT molecular complexity index is 825. The summed E-state index contributed by atoms with van der Waals surface area (Å²) >= 11 is 5.13. The summed E-state index contributed by atoms with van der Waals surface area (Å²) in [4.78, 5) is 10.8. The number of hydrogen-bond acceptors (Lipinski definition) is 5. The highest BCUT2D eigenvalue weighted by Crippen LogP contribution is 2.27. The summed E-state index contributed by atoms with van der Waals surface area (Å²) in [7, 11) is 1.94. The van der Waals surface area contributed by atoms with E-state index in [4.69, 9.17) is 18.0 Å². The quantitative estimate of drug-likeness (QED) is 0.744. The van der Waals surface area contributed by atoms with Gasteiger partial charge in [0.2, 0.25) is 0 Å². The molecule has 0 aliphatic heterocycles. The van der Waals surface area contributed by atoms with Crippen molar-refractivity contribution in [1.82, 2.24) is 19.6 Å². The molecule has 0 amide bonds. The van der Waals surface area contributed by atoms with Gasteiger partial charge in [-0.05, 0) is 19.1 Å². The lowest BCUT2D eigenvalue weighted by molar-refractivity contribution is 0.903. The van der Waals surface area contributed by atoms with E-state index in [0.717, 1.165) is 22.8 Å². The molecule has 0 bridgehead atoms. The minimum atomic E-state index is 0.359. The van der Waals surface area contributed by atoms with Crippen LogP contribution in [0.5, 0.6) is 0 Å². The van der Waals surface area contributed by atoms with Crippen LogP contribution in [0.15, 0.2) is 36.7 Å². The Labute approximate surface area is 127 Å². The van der Waals surface area contributed by atoms with Gasteiger partial charge < -0.3 is 10.6 Å². The van der Waals surface area contributed by atoms with E-state index in [-0.39, 0.29) is 0 Å². The van der Waals surface area contributed by atoms with Crippen LogP contribution in [0, 0.1) is 6.92 Å². The lowest BCUT2D eigenvalue weighted by atomic mass is 10.1. The van der Waals surface area contributed by atoms with E-state index in [2.05, 4.69) is 15.1 Å². The number of benzene rings is 1. The fourth-order valence-electron chi connectivity index (χ4n) is 2.25. The first-order valence-corrected chi connectivity index (χ1v) is 6.78. The second-order valence-corrected chi connectivity index (χ2v) is 5.11. The topological polar surface area (TPSA) is 72.3 Å². The van der Waals surface area contributed by atoms with Crippen LogP contribution in [-0.2, 0) is 0 Å². The van der Waals surface area contributed by atoms with Crippen LogP contribution in [0.1, 0.15) is 11.3 Å². The molecule has 0 saturated heterocycles. The Kier molecular flexibility index (Phi) is 3.26. The van der Waals surface area contributed by atoms with Gasteiger partial charge >= 0.3 is 0 Å². The maximum absolute atomic E-state index is 5.81. The molecule has 7 heteroatoms. The number of anilines is 2. The molecule has 0 aliphatic carbocycles. The van der Waals surface area contributed by atoms with Crippen LogP contribution in [0.3, 0.4) is 0 Å². The molecule has 21 heavy (non-hydrogen) atoms. The molecule has 0 fully saturated rings. The molecular formula is C14H14N6S. The Morgan fingerprint density at radius 3 is 2.86 bits per heavy atom. The van der Waals surface area contributed by atoms with Gasteiger partial charge in [-0.25, -0.2) is 4.98 Å². The molecule has 0 unspecified atom stereocenters. The van der Waals surface area contributed by atoms with Crippen molar-refractivity contribution in [3.63, 3.8) is 0 Å². The third-order valence-corrected chi connectivity index (χ3v) is 3.46. The fourth-order valence-corrected chi connectivity index (χ4v) is 2.42. The van der Waals surface area contributed by atoms with Crippen molar-refractivity contribution in [2.45, 2.75) is 6.92 Å². The molecule has 3 aromatic rings. The number of thiocarbonyl (C=S) groups is 1. The van der Waals surface area contributed by atoms with Gasteiger partial charge in [0.25, 0.3) is 5.78 Å². The maximum atomic E-state index is 5.81. The summed E-state index contributed by atoms with van der Waals surface area (Å²) in [5.74, 6) is 1.41. The van der Waals surface area contributed by atoms with E-state index < -0.39 is 0 Å². The zero-order valence-electron chi connectivity index (χ0n) is 11.7. The average molecular weight is 298 g/mol. The van der Waals surface area contributed by atoms with Crippen molar-refractivity contribution >= 4 is 34.5 Å². The van der Waals surface area contributed by atoms with Crippen molar-refractivity contribution in [1.29, 1.82) is 0 Å². The molecule has 2 heterocycles. The highest BCUT2D eigenvalue weighted by atomic mass is 32.1. The smallest absolute Gasteiger partial charge is 0.254 e. The van der Waals surface area contributed by atoms with Crippen molar-refractivity contribution in [2.75, 3.05) is 11.9 Å². The number of rotatable bonds is 3. The predicted molar refractivity (Wildman–Crippen MR) is 85.9 cm³/mol. The minimum Gasteiger partial charge on any atom is -0.389 e. The van der Waals surface area contributed by atoms with Gasteiger partial charge in [0.05, 0.1) is 5.69 Å². The number of aryl methyl sites for hydroxylation is 1. The predicted octanol–water partition coefficient (Wildman–Crippen LogP) is 1.83. The van der Waals surface area contributed by atoms with E-state index in [0.29, 0.717) is 10.8 Å². The van der Waals surface area contributed by atoms with Gasteiger partial charge in [-0.3, -0.25) is 0 Å². The van der Waals surface area contributed by atoms with Crippen molar-refractivity contribution in [3.8, 4) is 0 Å². The molecular weight excluding hydrogens is 284 g/mol. The molecule has 0 aliphatic rings. The van der Waals surface area contributed by atoms with Crippen LogP contribution in [0.25, 0.3) is 5.78 Å². The van der Waals surface area contributed by atoms with E-state index in [1.807, 2.05) is 49.2 Å². The normalized spacial score (nSPS) is 10.8. The molecule has 0 saturated carbocycles. The summed E-state index contributed by atoms with van der Waals surface area (Å²) in [5, 5.41) is 4.22. The third kappa shape index (κ3) is 2.31. The van der Waals surface area contributed by atoms with E-state index in [9.17, 15) is 0 Å². The lowest BCUT2D eigenvalue weighted by Crippen LogP contribution is -2.20.